The fourth-order valence-corrected chi connectivity index (χ4v) is 4.19. The summed E-state index contributed by atoms with van der Waals surface area (Å²) in [6.45, 7) is 6.79. The Morgan fingerprint density at radius 2 is 1.90 bits per heavy atom. The lowest BCUT2D eigenvalue weighted by atomic mass is 9.76. The van der Waals surface area contributed by atoms with Crippen LogP contribution in [0.3, 0.4) is 0 Å². The maximum absolute atomic E-state index is 12.3. The lowest BCUT2D eigenvalue weighted by molar-refractivity contribution is 0.0908. The number of carbonyl (C=O) groups is 1. The van der Waals surface area contributed by atoms with Crippen molar-refractivity contribution < 1.29 is 4.79 Å². The molecule has 20 heavy (non-hydrogen) atoms. The Hall–Kier alpha value is -1.05. The van der Waals surface area contributed by atoms with E-state index >= 15 is 0 Å². The lowest BCUT2D eigenvalue weighted by Crippen LogP contribution is -2.29. The maximum atomic E-state index is 12.3. The lowest BCUT2D eigenvalue weighted by Gasteiger charge is -2.34. The first kappa shape index (κ1) is 13.9. The topological polar surface area (TPSA) is 22.0 Å². The van der Waals surface area contributed by atoms with Crippen molar-refractivity contribution in [2.24, 2.45) is 11.3 Å². The molecule has 0 aromatic carbocycles. The second-order valence-corrected chi connectivity index (χ2v) is 7.66. The van der Waals surface area contributed by atoms with Crippen LogP contribution < -0.4 is 0 Å². The molecule has 2 aliphatic carbocycles. The summed E-state index contributed by atoms with van der Waals surface area (Å²) in [6.07, 6.45) is 10.8. The van der Waals surface area contributed by atoms with Crippen molar-refractivity contribution in [3.8, 4) is 0 Å². The van der Waals surface area contributed by atoms with Gasteiger partial charge >= 0.3 is 0 Å². The van der Waals surface area contributed by atoms with Gasteiger partial charge in [0.15, 0.2) is 5.78 Å². The van der Waals surface area contributed by atoms with Crippen LogP contribution in [0.15, 0.2) is 12.3 Å². The van der Waals surface area contributed by atoms with Crippen LogP contribution in [0.1, 0.15) is 81.4 Å². The Labute approximate surface area is 122 Å². The zero-order chi connectivity index (χ0) is 14.3. The summed E-state index contributed by atoms with van der Waals surface area (Å²) in [6, 6.07) is 2.60. The van der Waals surface area contributed by atoms with Crippen molar-refractivity contribution in [2.45, 2.75) is 71.8 Å². The van der Waals surface area contributed by atoms with E-state index in [9.17, 15) is 4.79 Å². The Bertz CT molecular complexity index is 505. The molecule has 0 N–H and O–H groups in total. The van der Waals surface area contributed by atoms with Crippen LogP contribution in [-0.4, -0.2) is 10.4 Å². The fourth-order valence-electron chi connectivity index (χ4n) is 4.19. The minimum absolute atomic E-state index is 0.118. The van der Waals surface area contributed by atoms with Crippen molar-refractivity contribution in [3.05, 3.63) is 23.5 Å². The molecule has 2 nitrogen and oxygen atoms in total. The average Bonchev–Trinajstić information content (AvgIpc) is 2.81. The molecule has 0 spiro atoms. The molecule has 1 fully saturated rings. The number of nitrogens with zero attached hydrogens (tertiary/aromatic N) is 1. The van der Waals surface area contributed by atoms with E-state index in [1.165, 1.54) is 37.8 Å². The summed E-state index contributed by atoms with van der Waals surface area (Å²) < 4.78 is 2.42. The smallest absolute Gasteiger partial charge is 0.165 e. The molecular weight excluding hydrogens is 246 g/mol. The highest BCUT2D eigenvalue weighted by atomic mass is 16.1. The van der Waals surface area contributed by atoms with Gasteiger partial charge in [-0.05, 0) is 43.6 Å². The zero-order valence-corrected chi connectivity index (χ0v) is 13.1. The van der Waals surface area contributed by atoms with Gasteiger partial charge in [0.05, 0.1) is 0 Å². The standard InChI is InChI=1S/C18H27NO/c1-13(14-7-5-4-6-8-14)19-10-9-15-16(19)11-18(2,3)12-17(15)20/h9-10,13-14H,4-8,11-12H2,1-3H3. The number of carbonyl (C=O) groups excluding carboxylic acids is 1. The molecule has 3 rings (SSSR count). The molecule has 0 bridgehead atoms. The van der Waals surface area contributed by atoms with Crippen LogP contribution in [0.2, 0.25) is 0 Å². The first-order valence-corrected chi connectivity index (χ1v) is 8.21. The highest BCUT2D eigenvalue weighted by Crippen LogP contribution is 2.39. The Balaban J connectivity index is 1.90. The molecule has 0 radical (unpaired) electrons. The number of aromatic nitrogens is 1. The van der Waals surface area contributed by atoms with Gasteiger partial charge in [0.1, 0.15) is 0 Å². The van der Waals surface area contributed by atoms with E-state index in [-0.39, 0.29) is 5.41 Å². The van der Waals surface area contributed by atoms with E-state index in [0.29, 0.717) is 18.2 Å². The third kappa shape index (κ3) is 2.45. The van der Waals surface area contributed by atoms with Crippen LogP contribution in [0.5, 0.6) is 0 Å². The average molecular weight is 273 g/mol. The van der Waals surface area contributed by atoms with E-state index in [1.807, 2.05) is 0 Å². The largest absolute Gasteiger partial charge is 0.348 e. The molecule has 0 amide bonds. The summed E-state index contributed by atoms with van der Waals surface area (Å²) in [5.41, 5.74) is 2.41. The van der Waals surface area contributed by atoms with Crippen LogP contribution in [-0.2, 0) is 6.42 Å². The van der Waals surface area contributed by atoms with E-state index in [4.69, 9.17) is 0 Å². The predicted octanol–water partition coefficient (Wildman–Crippen LogP) is 4.78. The van der Waals surface area contributed by atoms with E-state index in [1.54, 1.807) is 0 Å². The Kier molecular flexibility index (Phi) is 3.51. The highest BCUT2D eigenvalue weighted by Gasteiger charge is 2.34. The summed E-state index contributed by atoms with van der Waals surface area (Å²) in [7, 11) is 0. The molecule has 1 unspecified atom stereocenters. The molecule has 1 saturated carbocycles. The van der Waals surface area contributed by atoms with Gasteiger partial charge in [-0.3, -0.25) is 4.79 Å². The second kappa shape index (κ2) is 5.05. The van der Waals surface area contributed by atoms with Crippen molar-refractivity contribution in [1.82, 2.24) is 4.57 Å². The molecule has 110 valence electrons. The maximum Gasteiger partial charge on any atom is 0.165 e. The quantitative estimate of drug-likeness (QED) is 0.759. The van der Waals surface area contributed by atoms with E-state index in [2.05, 4.69) is 37.6 Å². The van der Waals surface area contributed by atoms with Crippen LogP contribution in [0.25, 0.3) is 0 Å². The number of hydrogen-bond donors (Lipinski definition) is 0. The molecule has 1 aromatic rings. The summed E-state index contributed by atoms with van der Waals surface area (Å²) in [5, 5.41) is 0. The van der Waals surface area contributed by atoms with Gasteiger partial charge < -0.3 is 4.57 Å². The fraction of sp³-hybridized carbons (Fsp3) is 0.722. The van der Waals surface area contributed by atoms with Gasteiger partial charge in [-0.2, -0.15) is 0 Å². The number of ketones is 1. The first-order valence-electron chi connectivity index (χ1n) is 8.21. The third-order valence-corrected chi connectivity index (χ3v) is 5.38. The van der Waals surface area contributed by atoms with Gasteiger partial charge in [0, 0.05) is 29.9 Å². The monoisotopic (exact) mass is 273 g/mol. The van der Waals surface area contributed by atoms with E-state index < -0.39 is 0 Å². The van der Waals surface area contributed by atoms with Crippen LogP contribution in [0.4, 0.5) is 0 Å². The zero-order valence-electron chi connectivity index (χ0n) is 13.1. The number of hydrogen-bond acceptors (Lipinski definition) is 1. The SMILES string of the molecule is CC(C1CCCCC1)n1ccc2c1CC(C)(C)CC2=O. The van der Waals surface area contributed by atoms with Crippen molar-refractivity contribution in [1.29, 1.82) is 0 Å². The van der Waals surface area contributed by atoms with Gasteiger partial charge in [-0.25, -0.2) is 0 Å². The minimum atomic E-state index is 0.118. The third-order valence-electron chi connectivity index (χ3n) is 5.38. The van der Waals surface area contributed by atoms with Crippen LogP contribution >= 0.6 is 0 Å². The Morgan fingerprint density at radius 1 is 1.20 bits per heavy atom. The number of fused-ring (bicyclic) bond motifs is 1. The normalized spacial score (nSPS) is 24.4. The van der Waals surface area contributed by atoms with Gasteiger partial charge in [-0.1, -0.05) is 33.1 Å². The van der Waals surface area contributed by atoms with Gasteiger partial charge in [0.25, 0.3) is 0 Å². The minimum Gasteiger partial charge on any atom is -0.348 e. The summed E-state index contributed by atoms with van der Waals surface area (Å²) in [4.78, 5) is 12.3. The highest BCUT2D eigenvalue weighted by molar-refractivity contribution is 5.98. The molecule has 1 atom stereocenters. The Morgan fingerprint density at radius 3 is 2.60 bits per heavy atom. The summed E-state index contributed by atoms with van der Waals surface area (Å²) >= 11 is 0. The molecule has 2 heteroatoms. The first-order chi connectivity index (χ1) is 9.48. The molecule has 1 aromatic heterocycles. The molecule has 1 heterocycles. The van der Waals surface area contributed by atoms with Crippen molar-refractivity contribution in [3.63, 3.8) is 0 Å². The van der Waals surface area contributed by atoms with Gasteiger partial charge in [0.2, 0.25) is 0 Å². The molecule has 0 saturated heterocycles. The van der Waals surface area contributed by atoms with Crippen molar-refractivity contribution >= 4 is 5.78 Å². The number of Topliss-reactive ketones (excluding diaryl/α,β-unsaturated/α-hetero) is 1. The van der Waals surface area contributed by atoms with Gasteiger partial charge in [-0.15, -0.1) is 0 Å². The van der Waals surface area contributed by atoms with Crippen molar-refractivity contribution in [2.75, 3.05) is 0 Å². The molecule has 0 aliphatic heterocycles. The second-order valence-electron chi connectivity index (χ2n) is 7.66. The number of rotatable bonds is 2. The molecule has 2 aliphatic rings. The predicted molar refractivity (Wildman–Crippen MR) is 82.2 cm³/mol. The van der Waals surface area contributed by atoms with Crippen LogP contribution in [0, 0.1) is 11.3 Å². The van der Waals surface area contributed by atoms with E-state index in [0.717, 1.165) is 17.9 Å². The summed E-state index contributed by atoms with van der Waals surface area (Å²) in [5.74, 6) is 1.13. The molecular formula is C18H27NO.